The minimum absolute atomic E-state index is 0.869. The predicted molar refractivity (Wildman–Crippen MR) is 58.7 cm³/mol. The van der Waals surface area contributed by atoms with Gasteiger partial charge in [0.05, 0.1) is 9.47 Å². The van der Waals surface area contributed by atoms with Gasteiger partial charge in [-0.05, 0) is 34.5 Å². The molecule has 0 saturated heterocycles. The van der Waals surface area contributed by atoms with E-state index < -0.39 is 0 Å². The average Bonchev–Trinajstić information content (AvgIpc) is 2.29. The Morgan fingerprint density at radius 3 is 2.83 bits per heavy atom. The third-order valence-electron chi connectivity index (χ3n) is 1.92. The van der Waals surface area contributed by atoms with Gasteiger partial charge in [-0.25, -0.2) is 0 Å². The molecule has 0 unspecified atom stereocenters. The monoisotopic (exact) mass is 241 g/mol. The molecular formula is C9H8BrNS. The van der Waals surface area contributed by atoms with Crippen LogP contribution in [0.4, 0.5) is 5.69 Å². The maximum atomic E-state index is 5.90. The molecule has 0 saturated carbocycles. The van der Waals surface area contributed by atoms with E-state index in [4.69, 9.17) is 5.73 Å². The van der Waals surface area contributed by atoms with Crippen LogP contribution in [0.15, 0.2) is 22.0 Å². The Morgan fingerprint density at radius 2 is 2.17 bits per heavy atom. The highest BCUT2D eigenvalue weighted by atomic mass is 79.9. The van der Waals surface area contributed by atoms with E-state index in [1.165, 1.54) is 15.6 Å². The highest BCUT2D eigenvalue weighted by molar-refractivity contribution is 9.11. The van der Waals surface area contributed by atoms with Gasteiger partial charge in [-0.15, -0.1) is 11.3 Å². The van der Waals surface area contributed by atoms with E-state index in [1.807, 2.05) is 0 Å². The fourth-order valence-corrected chi connectivity index (χ4v) is 2.97. The number of thiophene rings is 1. The molecule has 0 aliphatic carbocycles. The van der Waals surface area contributed by atoms with Gasteiger partial charge in [0.2, 0.25) is 0 Å². The van der Waals surface area contributed by atoms with Gasteiger partial charge in [0.1, 0.15) is 0 Å². The van der Waals surface area contributed by atoms with Crippen LogP contribution in [-0.4, -0.2) is 0 Å². The third-order valence-corrected chi connectivity index (χ3v) is 3.79. The Bertz CT molecular complexity index is 433. The number of nitrogens with two attached hydrogens (primary N) is 1. The van der Waals surface area contributed by atoms with Crippen LogP contribution in [-0.2, 0) is 0 Å². The van der Waals surface area contributed by atoms with Crippen LogP contribution in [0.3, 0.4) is 0 Å². The first-order chi connectivity index (χ1) is 5.70. The fourth-order valence-electron chi connectivity index (χ4n) is 1.32. The Kier molecular flexibility index (Phi) is 1.85. The van der Waals surface area contributed by atoms with E-state index in [9.17, 15) is 0 Å². The van der Waals surface area contributed by atoms with Crippen LogP contribution in [0.2, 0.25) is 0 Å². The van der Waals surface area contributed by atoms with Crippen molar-refractivity contribution in [2.24, 2.45) is 0 Å². The zero-order valence-corrected chi connectivity index (χ0v) is 9.00. The maximum absolute atomic E-state index is 5.90. The van der Waals surface area contributed by atoms with Gasteiger partial charge in [0, 0.05) is 10.1 Å². The number of nitrogen functional groups attached to an aromatic ring is 1. The molecule has 2 N–H and O–H groups in total. The van der Waals surface area contributed by atoms with E-state index in [0.29, 0.717) is 0 Å². The third kappa shape index (κ3) is 1.04. The molecule has 3 heteroatoms. The highest BCUT2D eigenvalue weighted by Crippen LogP contribution is 2.38. The van der Waals surface area contributed by atoms with Gasteiger partial charge >= 0.3 is 0 Å². The SMILES string of the molecule is Cc1cccc2sc(Br)c(N)c12. The normalized spacial score (nSPS) is 10.8. The number of hydrogen-bond donors (Lipinski definition) is 1. The van der Waals surface area contributed by atoms with Crippen molar-refractivity contribution in [3.63, 3.8) is 0 Å². The highest BCUT2D eigenvalue weighted by Gasteiger charge is 2.07. The lowest BCUT2D eigenvalue weighted by molar-refractivity contribution is 1.55. The lowest BCUT2D eigenvalue weighted by Gasteiger charge is -1.95. The second-order valence-corrected chi connectivity index (χ2v) is 5.11. The number of anilines is 1. The molecular weight excluding hydrogens is 234 g/mol. The first-order valence-electron chi connectivity index (χ1n) is 3.63. The van der Waals surface area contributed by atoms with E-state index >= 15 is 0 Å². The lowest BCUT2D eigenvalue weighted by atomic mass is 10.1. The summed E-state index contributed by atoms with van der Waals surface area (Å²) >= 11 is 5.12. The van der Waals surface area contributed by atoms with Crippen LogP contribution in [0.5, 0.6) is 0 Å². The first kappa shape index (κ1) is 8.08. The van der Waals surface area contributed by atoms with Gasteiger partial charge < -0.3 is 5.73 Å². The molecule has 2 rings (SSSR count). The van der Waals surface area contributed by atoms with Crippen molar-refractivity contribution < 1.29 is 0 Å². The second kappa shape index (κ2) is 2.75. The summed E-state index contributed by atoms with van der Waals surface area (Å²) in [6.45, 7) is 2.08. The van der Waals surface area contributed by atoms with Crippen molar-refractivity contribution in [3.8, 4) is 0 Å². The number of aryl methyl sites for hydroxylation is 1. The molecule has 1 nitrogen and oxygen atoms in total. The Morgan fingerprint density at radius 1 is 1.42 bits per heavy atom. The number of hydrogen-bond acceptors (Lipinski definition) is 2. The summed E-state index contributed by atoms with van der Waals surface area (Å²) in [6.07, 6.45) is 0. The molecule has 0 aliphatic heterocycles. The molecule has 0 radical (unpaired) electrons. The van der Waals surface area contributed by atoms with Crippen molar-refractivity contribution in [1.29, 1.82) is 0 Å². The summed E-state index contributed by atoms with van der Waals surface area (Å²) in [5.41, 5.74) is 8.01. The van der Waals surface area contributed by atoms with Gasteiger partial charge in [-0.2, -0.15) is 0 Å². The Hall–Kier alpha value is -0.540. The molecule has 0 atom stereocenters. The zero-order chi connectivity index (χ0) is 8.72. The van der Waals surface area contributed by atoms with E-state index in [0.717, 1.165) is 9.47 Å². The smallest absolute Gasteiger partial charge is 0.0940 e. The number of rotatable bonds is 0. The van der Waals surface area contributed by atoms with Crippen LogP contribution < -0.4 is 5.73 Å². The lowest BCUT2D eigenvalue weighted by Crippen LogP contribution is -1.83. The number of benzene rings is 1. The Labute approximate surface area is 83.3 Å². The quantitative estimate of drug-likeness (QED) is 0.751. The van der Waals surface area contributed by atoms with Crippen LogP contribution in [0, 0.1) is 6.92 Å². The summed E-state index contributed by atoms with van der Waals surface area (Å²) in [5, 5.41) is 1.19. The first-order valence-corrected chi connectivity index (χ1v) is 5.24. The van der Waals surface area contributed by atoms with Crippen LogP contribution >= 0.6 is 27.3 Å². The van der Waals surface area contributed by atoms with Crippen LogP contribution in [0.25, 0.3) is 10.1 Å². The molecule has 0 spiro atoms. The minimum atomic E-state index is 0.869. The fraction of sp³-hybridized carbons (Fsp3) is 0.111. The van der Waals surface area contributed by atoms with Crippen LogP contribution in [0.1, 0.15) is 5.56 Å². The standard InChI is InChI=1S/C9H8BrNS/c1-5-3-2-4-6-7(5)8(11)9(10)12-6/h2-4H,11H2,1H3. The molecule has 0 aliphatic rings. The van der Waals surface area contributed by atoms with Crippen molar-refractivity contribution in [3.05, 3.63) is 27.5 Å². The average molecular weight is 242 g/mol. The van der Waals surface area contributed by atoms with Crippen molar-refractivity contribution in [1.82, 2.24) is 0 Å². The van der Waals surface area contributed by atoms with E-state index in [2.05, 4.69) is 41.1 Å². The van der Waals surface area contributed by atoms with Gasteiger partial charge in [0.25, 0.3) is 0 Å². The number of halogens is 1. The van der Waals surface area contributed by atoms with Gasteiger partial charge in [0.15, 0.2) is 0 Å². The largest absolute Gasteiger partial charge is 0.397 e. The summed E-state index contributed by atoms with van der Waals surface area (Å²) < 4.78 is 2.28. The van der Waals surface area contributed by atoms with E-state index in [-0.39, 0.29) is 0 Å². The van der Waals surface area contributed by atoms with E-state index in [1.54, 1.807) is 11.3 Å². The molecule has 0 fully saturated rings. The summed E-state index contributed by atoms with van der Waals surface area (Å²) in [6, 6.07) is 6.23. The maximum Gasteiger partial charge on any atom is 0.0940 e. The topological polar surface area (TPSA) is 26.0 Å². The molecule has 62 valence electrons. The molecule has 1 aromatic carbocycles. The Balaban J connectivity index is 2.97. The number of fused-ring (bicyclic) bond motifs is 1. The van der Waals surface area contributed by atoms with Gasteiger partial charge in [-0.3, -0.25) is 0 Å². The predicted octanol–water partition coefficient (Wildman–Crippen LogP) is 3.55. The van der Waals surface area contributed by atoms with Crippen molar-refractivity contribution >= 4 is 43.0 Å². The van der Waals surface area contributed by atoms with Crippen molar-refractivity contribution in [2.45, 2.75) is 6.92 Å². The molecule has 2 aromatic rings. The molecule has 1 aromatic heterocycles. The summed E-state index contributed by atoms with van der Waals surface area (Å²) in [7, 11) is 0. The second-order valence-electron chi connectivity index (χ2n) is 2.74. The molecule has 12 heavy (non-hydrogen) atoms. The molecule has 1 heterocycles. The van der Waals surface area contributed by atoms with Crippen molar-refractivity contribution in [2.75, 3.05) is 5.73 Å². The summed E-state index contributed by atoms with van der Waals surface area (Å²) in [4.78, 5) is 0. The minimum Gasteiger partial charge on any atom is -0.397 e. The summed E-state index contributed by atoms with van der Waals surface area (Å²) in [5.74, 6) is 0. The molecule has 0 amide bonds. The zero-order valence-electron chi connectivity index (χ0n) is 6.60. The van der Waals surface area contributed by atoms with Gasteiger partial charge in [-0.1, -0.05) is 12.1 Å². The molecule has 0 bridgehead atoms.